The fourth-order valence-electron chi connectivity index (χ4n) is 4.08. The Morgan fingerprint density at radius 1 is 1.09 bits per heavy atom. The molecule has 6 heteroatoms. The first-order valence-electron chi connectivity index (χ1n) is 10.4. The van der Waals surface area contributed by atoms with E-state index in [1.165, 1.54) is 16.2 Å². The lowest BCUT2D eigenvalue weighted by atomic mass is 9.95. The molecule has 1 amide bonds. The zero-order valence-electron chi connectivity index (χ0n) is 18.5. The van der Waals surface area contributed by atoms with Crippen LogP contribution in [0.2, 0.25) is 0 Å². The molecule has 2 heterocycles. The molecule has 5 nitrogen and oxygen atoms in total. The van der Waals surface area contributed by atoms with Gasteiger partial charge >= 0.3 is 0 Å². The number of rotatable bonds is 5. The van der Waals surface area contributed by atoms with E-state index < -0.39 is 17.7 Å². The molecule has 2 aromatic carbocycles. The van der Waals surface area contributed by atoms with Gasteiger partial charge in [0, 0.05) is 16.1 Å². The Bertz CT molecular complexity index is 1210. The molecule has 4 rings (SSSR count). The van der Waals surface area contributed by atoms with Crippen molar-refractivity contribution in [2.75, 3.05) is 12.0 Å². The van der Waals surface area contributed by atoms with Crippen molar-refractivity contribution >= 4 is 34.5 Å². The number of carbonyl (C=O) groups is 2. The molecule has 0 aliphatic carbocycles. The number of Topliss-reactive ketones (excluding diaryl/α,β-unsaturated/α-hetero) is 1. The van der Waals surface area contributed by atoms with Crippen molar-refractivity contribution in [2.24, 2.45) is 0 Å². The van der Waals surface area contributed by atoms with Crippen LogP contribution in [0.3, 0.4) is 0 Å². The van der Waals surface area contributed by atoms with Crippen molar-refractivity contribution in [3.63, 3.8) is 0 Å². The highest BCUT2D eigenvalue weighted by Crippen LogP contribution is 2.44. The Hall–Kier alpha value is -3.38. The number of thiophene rings is 1. The summed E-state index contributed by atoms with van der Waals surface area (Å²) in [7, 11) is 1.60. The molecule has 0 saturated carbocycles. The molecule has 3 aromatic rings. The number of ether oxygens (including phenoxy) is 1. The minimum Gasteiger partial charge on any atom is -0.507 e. The minimum atomic E-state index is -0.693. The molecule has 1 aromatic heterocycles. The molecule has 1 aliphatic heterocycles. The van der Waals surface area contributed by atoms with Gasteiger partial charge in [-0.05, 0) is 65.7 Å². The maximum absolute atomic E-state index is 13.2. The highest BCUT2D eigenvalue weighted by atomic mass is 32.1. The standard InChI is InChI=1S/C26H25NO4S/c1-15(2)19-14-17(10-11-20(19)31-4)24(28)22-23(21-9-6-12-32-21)27(26(30)25(22)29)18-8-5-7-16(3)13-18/h5-15,23,28H,1-4H3/b24-22-. The molecule has 0 radical (unpaired) electrons. The lowest BCUT2D eigenvalue weighted by Gasteiger charge is -2.24. The third-order valence-electron chi connectivity index (χ3n) is 5.66. The number of ketones is 1. The number of aliphatic hydroxyl groups is 1. The second-order valence-corrected chi connectivity index (χ2v) is 9.11. The van der Waals surface area contributed by atoms with Gasteiger partial charge in [-0.25, -0.2) is 0 Å². The molecule has 0 bridgehead atoms. The van der Waals surface area contributed by atoms with E-state index in [-0.39, 0.29) is 17.3 Å². The summed E-state index contributed by atoms with van der Waals surface area (Å²) in [4.78, 5) is 28.7. The fraction of sp³-hybridized carbons (Fsp3) is 0.231. The van der Waals surface area contributed by atoms with E-state index in [2.05, 4.69) is 0 Å². The summed E-state index contributed by atoms with van der Waals surface area (Å²) in [5, 5.41) is 13.2. The predicted octanol–water partition coefficient (Wildman–Crippen LogP) is 5.81. The van der Waals surface area contributed by atoms with Crippen molar-refractivity contribution in [2.45, 2.75) is 32.7 Å². The highest BCUT2D eigenvalue weighted by molar-refractivity contribution is 7.10. The zero-order chi connectivity index (χ0) is 23.0. The Morgan fingerprint density at radius 2 is 1.88 bits per heavy atom. The first kappa shape index (κ1) is 21.8. The van der Waals surface area contributed by atoms with E-state index in [4.69, 9.17) is 4.74 Å². The second kappa shape index (κ2) is 8.63. The van der Waals surface area contributed by atoms with E-state index in [0.717, 1.165) is 16.0 Å². The molecule has 1 fully saturated rings. The molecule has 0 spiro atoms. The average molecular weight is 448 g/mol. The zero-order valence-corrected chi connectivity index (χ0v) is 19.3. The van der Waals surface area contributed by atoms with Crippen molar-refractivity contribution in [1.82, 2.24) is 0 Å². The minimum absolute atomic E-state index is 0.0961. The van der Waals surface area contributed by atoms with E-state index in [1.807, 2.05) is 68.6 Å². The van der Waals surface area contributed by atoms with Gasteiger partial charge in [0.1, 0.15) is 17.6 Å². The number of anilines is 1. The fourth-order valence-corrected chi connectivity index (χ4v) is 4.90. The van der Waals surface area contributed by atoms with Crippen molar-refractivity contribution in [3.8, 4) is 5.75 Å². The van der Waals surface area contributed by atoms with Crippen LogP contribution in [0.25, 0.3) is 5.76 Å². The van der Waals surface area contributed by atoms with Crippen molar-refractivity contribution in [1.29, 1.82) is 0 Å². The SMILES string of the molecule is COc1ccc(/C(O)=C2/C(=O)C(=O)N(c3cccc(C)c3)C2c2cccs2)cc1C(C)C. The summed E-state index contributed by atoms with van der Waals surface area (Å²) in [5.74, 6) is -0.647. The molecule has 1 N–H and O–H groups in total. The largest absolute Gasteiger partial charge is 0.507 e. The molecule has 164 valence electrons. The summed E-state index contributed by atoms with van der Waals surface area (Å²) < 4.78 is 5.45. The molecule has 1 atom stereocenters. The average Bonchev–Trinajstić information content (AvgIpc) is 3.39. The quantitative estimate of drug-likeness (QED) is 0.304. The Morgan fingerprint density at radius 3 is 2.50 bits per heavy atom. The highest BCUT2D eigenvalue weighted by Gasteiger charge is 2.47. The van der Waals surface area contributed by atoms with Crippen LogP contribution in [0.5, 0.6) is 5.75 Å². The number of hydrogen-bond donors (Lipinski definition) is 1. The number of hydrogen-bond acceptors (Lipinski definition) is 5. The maximum Gasteiger partial charge on any atom is 0.300 e. The Kier molecular flexibility index (Phi) is 5.89. The van der Waals surface area contributed by atoms with Crippen molar-refractivity contribution in [3.05, 3.63) is 87.1 Å². The van der Waals surface area contributed by atoms with Gasteiger partial charge in [0.15, 0.2) is 0 Å². The molecule has 1 unspecified atom stereocenters. The summed E-state index contributed by atoms with van der Waals surface area (Å²) in [6.45, 7) is 6.00. The number of nitrogens with zero attached hydrogens (tertiary/aromatic N) is 1. The predicted molar refractivity (Wildman–Crippen MR) is 127 cm³/mol. The maximum atomic E-state index is 13.2. The monoisotopic (exact) mass is 447 g/mol. The van der Waals surface area contributed by atoms with Gasteiger partial charge in [0.2, 0.25) is 0 Å². The number of aryl methyl sites for hydroxylation is 1. The van der Waals surface area contributed by atoms with Crippen LogP contribution < -0.4 is 9.64 Å². The van der Waals surface area contributed by atoms with Crippen LogP contribution in [0.1, 0.15) is 47.4 Å². The van der Waals surface area contributed by atoms with E-state index >= 15 is 0 Å². The summed E-state index contributed by atoms with van der Waals surface area (Å²) in [5.41, 5.74) is 3.10. The number of amides is 1. The van der Waals surface area contributed by atoms with Crippen LogP contribution in [0.15, 0.2) is 65.6 Å². The summed E-state index contributed by atoms with van der Waals surface area (Å²) in [6.07, 6.45) is 0. The molecule has 1 aliphatic rings. The second-order valence-electron chi connectivity index (χ2n) is 8.13. The van der Waals surface area contributed by atoms with Crippen LogP contribution >= 0.6 is 11.3 Å². The van der Waals surface area contributed by atoms with Crippen LogP contribution in [-0.2, 0) is 9.59 Å². The van der Waals surface area contributed by atoms with Gasteiger partial charge in [0.25, 0.3) is 11.7 Å². The van der Waals surface area contributed by atoms with Crippen LogP contribution in [0, 0.1) is 6.92 Å². The number of benzene rings is 2. The van der Waals surface area contributed by atoms with E-state index in [1.54, 1.807) is 19.2 Å². The Balaban J connectivity index is 1.92. The lowest BCUT2D eigenvalue weighted by Crippen LogP contribution is -2.29. The third kappa shape index (κ3) is 3.71. The molecule has 32 heavy (non-hydrogen) atoms. The van der Waals surface area contributed by atoms with Gasteiger partial charge in [-0.3, -0.25) is 14.5 Å². The number of carbonyl (C=O) groups excluding carboxylic acids is 2. The summed E-state index contributed by atoms with van der Waals surface area (Å²) >= 11 is 1.45. The van der Waals surface area contributed by atoms with Gasteiger partial charge < -0.3 is 9.84 Å². The van der Waals surface area contributed by atoms with Gasteiger partial charge in [-0.2, -0.15) is 0 Å². The van der Waals surface area contributed by atoms with Gasteiger partial charge in [0.05, 0.1) is 12.7 Å². The Labute approximate surface area is 191 Å². The van der Waals surface area contributed by atoms with Gasteiger partial charge in [-0.1, -0.05) is 32.0 Å². The molecule has 1 saturated heterocycles. The summed E-state index contributed by atoms with van der Waals surface area (Å²) in [6, 6.07) is 15.8. The first-order valence-corrected chi connectivity index (χ1v) is 11.3. The van der Waals surface area contributed by atoms with E-state index in [9.17, 15) is 14.7 Å². The number of methoxy groups -OCH3 is 1. The van der Waals surface area contributed by atoms with Crippen molar-refractivity contribution < 1.29 is 19.4 Å². The smallest absolute Gasteiger partial charge is 0.300 e. The topological polar surface area (TPSA) is 66.8 Å². The van der Waals surface area contributed by atoms with Crippen LogP contribution in [0.4, 0.5) is 5.69 Å². The number of aliphatic hydroxyl groups excluding tert-OH is 1. The normalized spacial score (nSPS) is 17.9. The lowest BCUT2D eigenvalue weighted by molar-refractivity contribution is -0.132. The van der Waals surface area contributed by atoms with E-state index in [0.29, 0.717) is 17.0 Å². The van der Waals surface area contributed by atoms with Gasteiger partial charge in [-0.15, -0.1) is 11.3 Å². The third-order valence-corrected chi connectivity index (χ3v) is 6.59. The van der Waals surface area contributed by atoms with Crippen LogP contribution in [-0.4, -0.2) is 23.9 Å². The molecular formula is C26H25NO4S. The first-order chi connectivity index (χ1) is 15.3. The molecular weight excluding hydrogens is 422 g/mol.